The van der Waals surface area contributed by atoms with Gasteiger partial charge in [-0.25, -0.2) is 9.59 Å². The number of nitrogens with zero attached hydrogens (tertiary/aromatic N) is 1. The quantitative estimate of drug-likeness (QED) is 0.592. The highest BCUT2D eigenvalue weighted by Gasteiger charge is 2.20. The fraction of sp³-hybridized carbons (Fsp3) is 0.778. The molecule has 0 aromatic carbocycles. The van der Waals surface area contributed by atoms with Crippen molar-refractivity contribution in [1.82, 2.24) is 10.2 Å². The first-order chi connectivity index (χ1) is 6.88. The summed E-state index contributed by atoms with van der Waals surface area (Å²) in [4.78, 5) is 23.3. The molecule has 0 rings (SSSR count). The Labute approximate surface area is 88.9 Å². The minimum atomic E-state index is -1.25. The largest absolute Gasteiger partial charge is 0.480 e. The zero-order valence-electron chi connectivity index (χ0n) is 9.23. The maximum Gasteiger partial charge on any atom is 0.328 e. The number of amides is 2. The van der Waals surface area contributed by atoms with Crippen molar-refractivity contribution in [2.75, 3.05) is 20.2 Å². The van der Waals surface area contributed by atoms with E-state index in [4.69, 9.17) is 10.2 Å². The van der Waals surface area contributed by atoms with E-state index in [1.54, 1.807) is 7.05 Å². The summed E-state index contributed by atoms with van der Waals surface area (Å²) in [6.45, 7) is 3.81. The molecule has 0 spiro atoms. The smallest absolute Gasteiger partial charge is 0.328 e. The molecule has 0 aliphatic rings. The van der Waals surface area contributed by atoms with Crippen LogP contribution in [0.1, 0.15) is 13.8 Å². The molecule has 0 radical (unpaired) electrons. The molecule has 88 valence electrons. The average Bonchev–Trinajstić information content (AvgIpc) is 2.11. The van der Waals surface area contributed by atoms with Crippen molar-refractivity contribution in [3.63, 3.8) is 0 Å². The Morgan fingerprint density at radius 3 is 2.27 bits per heavy atom. The van der Waals surface area contributed by atoms with E-state index in [9.17, 15) is 9.59 Å². The molecular formula is C9H18N2O4. The standard InChI is InChI=1S/C9H18N2O4/c1-6(2)4-11(3)9(15)10-7(5-12)8(13)14/h6-7,12H,4-5H2,1-3H3,(H,10,15)(H,13,14). The average molecular weight is 218 g/mol. The van der Waals surface area contributed by atoms with Crippen molar-refractivity contribution in [2.45, 2.75) is 19.9 Å². The van der Waals surface area contributed by atoms with Crippen LogP contribution in [0.3, 0.4) is 0 Å². The summed E-state index contributed by atoms with van der Waals surface area (Å²) in [6.07, 6.45) is 0. The molecule has 0 saturated carbocycles. The Bertz CT molecular complexity index is 230. The minimum absolute atomic E-state index is 0.304. The topological polar surface area (TPSA) is 89.9 Å². The van der Waals surface area contributed by atoms with Crippen LogP contribution in [0.5, 0.6) is 0 Å². The third kappa shape index (κ3) is 5.21. The number of carbonyl (C=O) groups excluding carboxylic acids is 1. The van der Waals surface area contributed by atoms with Crippen molar-refractivity contribution in [2.24, 2.45) is 5.92 Å². The molecule has 0 saturated heterocycles. The number of carbonyl (C=O) groups is 2. The van der Waals surface area contributed by atoms with Gasteiger partial charge in [0, 0.05) is 13.6 Å². The third-order valence-electron chi connectivity index (χ3n) is 1.76. The normalized spacial score (nSPS) is 12.3. The van der Waals surface area contributed by atoms with Crippen LogP contribution < -0.4 is 5.32 Å². The van der Waals surface area contributed by atoms with Gasteiger partial charge in [0.15, 0.2) is 6.04 Å². The first kappa shape index (κ1) is 13.7. The second kappa shape index (κ2) is 6.23. The van der Waals surface area contributed by atoms with E-state index in [0.717, 1.165) is 0 Å². The summed E-state index contributed by atoms with van der Waals surface area (Å²) in [5, 5.41) is 19.5. The van der Waals surface area contributed by atoms with Crippen LogP contribution in [-0.2, 0) is 4.79 Å². The summed E-state index contributed by atoms with van der Waals surface area (Å²) < 4.78 is 0. The third-order valence-corrected chi connectivity index (χ3v) is 1.76. The first-order valence-corrected chi connectivity index (χ1v) is 4.73. The van der Waals surface area contributed by atoms with Crippen LogP contribution in [0.25, 0.3) is 0 Å². The number of hydrogen-bond acceptors (Lipinski definition) is 3. The summed E-state index contributed by atoms with van der Waals surface area (Å²) in [7, 11) is 1.58. The highest BCUT2D eigenvalue weighted by atomic mass is 16.4. The molecule has 0 aromatic heterocycles. The van der Waals surface area contributed by atoms with Crippen molar-refractivity contribution in [3.05, 3.63) is 0 Å². The maximum absolute atomic E-state index is 11.4. The molecule has 1 atom stereocenters. The zero-order chi connectivity index (χ0) is 12.0. The van der Waals surface area contributed by atoms with E-state index >= 15 is 0 Å². The second-order valence-electron chi connectivity index (χ2n) is 3.80. The van der Waals surface area contributed by atoms with Gasteiger partial charge in [-0.05, 0) is 5.92 Å². The molecular weight excluding hydrogens is 200 g/mol. The molecule has 0 bridgehead atoms. The Morgan fingerprint density at radius 1 is 1.40 bits per heavy atom. The number of hydrogen-bond donors (Lipinski definition) is 3. The molecule has 3 N–H and O–H groups in total. The Kier molecular flexibility index (Phi) is 5.69. The molecule has 6 heteroatoms. The molecule has 1 unspecified atom stereocenters. The highest BCUT2D eigenvalue weighted by Crippen LogP contribution is 1.96. The van der Waals surface area contributed by atoms with Crippen molar-refractivity contribution >= 4 is 12.0 Å². The predicted octanol–water partition coefficient (Wildman–Crippen LogP) is -0.271. The van der Waals surface area contributed by atoms with Crippen LogP contribution in [0.4, 0.5) is 4.79 Å². The molecule has 6 nitrogen and oxygen atoms in total. The van der Waals surface area contributed by atoms with Gasteiger partial charge in [0.25, 0.3) is 0 Å². The summed E-state index contributed by atoms with van der Waals surface area (Å²) in [6, 6.07) is -1.74. The van der Waals surface area contributed by atoms with Crippen molar-refractivity contribution in [1.29, 1.82) is 0 Å². The number of aliphatic carboxylic acids is 1. The number of rotatable bonds is 5. The molecule has 0 fully saturated rings. The van der Waals surface area contributed by atoms with Crippen LogP contribution in [0.15, 0.2) is 0 Å². The van der Waals surface area contributed by atoms with Crippen LogP contribution in [0.2, 0.25) is 0 Å². The SMILES string of the molecule is CC(C)CN(C)C(=O)NC(CO)C(=O)O. The van der Waals surface area contributed by atoms with Gasteiger partial charge < -0.3 is 20.4 Å². The maximum atomic E-state index is 11.4. The highest BCUT2D eigenvalue weighted by molar-refractivity contribution is 5.82. The van der Waals surface area contributed by atoms with E-state index in [2.05, 4.69) is 5.32 Å². The molecule has 0 aromatic rings. The van der Waals surface area contributed by atoms with E-state index in [1.807, 2.05) is 13.8 Å². The minimum Gasteiger partial charge on any atom is -0.480 e. The first-order valence-electron chi connectivity index (χ1n) is 4.73. The van der Waals surface area contributed by atoms with Gasteiger partial charge >= 0.3 is 12.0 Å². The number of carboxylic acids is 1. The van der Waals surface area contributed by atoms with Crippen LogP contribution in [-0.4, -0.2) is 53.4 Å². The lowest BCUT2D eigenvalue weighted by molar-refractivity contribution is -0.140. The number of aliphatic hydroxyl groups is 1. The van der Waals surface area contributed by atoms with E-state index in [1.165, 1.54) is 4.90 Å². The number of aliphatic hydroxyl groups excluding tert-OH is 1. The van der Waals surface area contributed by atoms with Crippen molar-refractivity contribution < 1.29 is 19.8 Å². The zero-order valence-corrected chi connectivity index (χ0v) is 9.23. The summed E-state index contributed by atoms with van der Waals surface area (Å²) in [5.41, 5.74) is 0. The Hall–Kier alpha value is -1.30. The molecule has 15 heavy (non-hydrogen) atoms. The Morgan fingerprint density at radius 2 is 1.93 bits per heavy atom. The summed E-state index contributed by atoms with van der Waals surface area (Å²) in [5.74, 6) is -0.943. The van der Waals surface area contributed by atoms with Crippen LogP contribution >= 0.6 is 0 Å². The van der Waals surface area contributed by atoms with Gasteiger partial charge in [-0.3, -0.25) is 0 Å². The van der Waals surface area contributed by atoms with E-state index in [-0.39, 0.29) is 0 Å². The second-order valence-corrected chi connectivity index (χ2v) is 3.80. The predicted molar refractivity (Wildman–Crippen MR) is 54.5 cm³/mol. The Balaban J connectivity index is 4.16. The molecule has 0 aliphatic heterocycles. The lowest BCUT2D eigenvalue weighted by Gasteiger charge is -2.21. The summed E-state index contributed by atoms with van der Waals surface area (Å²) >= 11 is 0. The number of urea groups is 1. The van der Waals surface area contributed by atoms with E-state index < -0.39 is 24.6 Å². The van der Waals surface area contributed by atoms with Gasteiger partial charge in [0.1, 0.15) is 0 Å². The van der Waals surface area contributed by atoms with Gasteiger partial charge in [0.05, 0.1) is 6.61 Å². The lowest BCUT2D eigenvalue weighted by Crippen LogP contribution is -2.49. The fourth-order valence-corrected chi connectivity index (χ4v) is 1.08. The van der Waals surface area contributed by atoms with Gasteiger partial charge in [0.2, 0.25) is 0 Å². The lowest BCUT2D eigenvalue weighted by atomic mass is 10.2. The fourth-order valence-electron chi connectivity index (χ4n) is 1.08. The molecule has 0 heterocycles. The molecule has 2 amide bonds. The van der Waals surface area contributed by atoms with Crippen LogP contribution in [0, 0.1) is 5.92 Å². The monoisotopic (exact) mass is 218 g/mol. The van der Waals surface area contributed by atoms with Gasteiger partial charge in [-0.1, -0.05) is 13.8 Å². The van der Waals surface area contributed by atoms with Gasteiger partial charge in [-0.2, -0.15) is 0 Å². The van der Waals surface area contributed by atoms with Gasteiger partial charge in [-0.15, -0.1) is 0 Å². The number of carboxylic acid groups (broad SMARTS) is 1. The number of nitrogens with one attached hydrogen (secondary N) is 1. The van der Waals surface area contributed by atoms with Crippen molar-refractivity contribution in [3.8, 4) is 0 Å². The van der Waals surface area contributed by atoms with E-state index in [0.29, 0.717) is 12.5 Å². The molecule has 0 aliphatic carbocycles.